The average Bonchev–Trinajstić information content (AvgIpc) is 2.76. The summed E-state index contributed by atoms with van der Waals surface area (Å²) in [6.45, 7) is 4.36. The lowest BCUT2D eigenvalue weighted by atomic mass is 10.2. The van der Waals surface area contributed by atoms with Gasteiger partial charge < -0.3 is 10.2 Å². The van der Waals surface area contributed by atoms with Crippen molar-refractivity contribution in [1.82, 2.24) is 15.1 Å². The second-order valence-electron chi connectivity index (χ2n) is 6.07. The minimum absolute atomic E-state index is 0.0222. The van der Waals surface area contributed by atoms with Crippen LogP contribution in [0, 0.1) is 0 Å². The van der Waals surface area contributed by atoms with Crippen LogP contribution in [0.2, 0.25) is 0 Å². The summed E-state index contributed by atoms with van der Waals surface area (Å²) in [6, 6.07) is 0.253. The number of rotatable bonds is 5. The minimum Gasteiger partial charge on any atom is -0.335 e. The third-order valence-electron chi connectivity index (χ3n) is 4.39. The van der Waals surface area contributed by atoms with Gasteiger partial charge in [0.2, 0.25) is 0 Å². The Morgan fingerprint density at radius 2 is 2.09 bits per heavy atom. The molecule has 0 bridgehead atoms. The van der Waals surface area contributed by atoms with Crippen molar-refractivity contribution in [2.75, 3.05) is 38.5 Å². The van der Waals surface area contributed by atoms with Crippen molar-refractivity contribution in [2.45, 2.75) is 50.3 Å². The summed E-state index contributed by atoms with van der Waals surface area (Å²) in [5, 5.41) is 3.79. The summed E-state index contributed by atoms with van der Waals surface area (Å²) in [4.78, 5) is 15.9. The summed E-state index contributed by atoms with van der Waals surface area (Å²) in [5.41, 5.74) is 0. The van der Waals surface area contributed by atoms with Crippen molar-refractivity contribution < 1.29 is 13.6 Å². The first kappa shape index (κ1) is 17.8. The molecular formula is C15H27F2N3OS. The van der Waals surface area contributed by atoms with Gasteiger partial charge in [-0.25, -0.2) is 13.6 Å². The number of halogens is 2. The number of urea groups is 1. The number of alkyl halides is 2. The first-order valence-corrected chi connectivity index (χ1v) is 9.31. The zero-order valence-electron chi connectivity index (χ0n) is 13.3. The molecule has 1 heterocycles. The molecule has 2 fully saturated rings. The summed E-state index contributed by atoms with van der Waals surface area (Å²) < 4.78 is 24.9. The van der Waals surface area contributed by atoms with Crippen LogP contribution in [0.4, 0.5) is 13.6 Å². The Balaban J connectivity index is 1.73. The topological polar surface area (TPSA) is 35.6 Å². The van der Waals surface area contributed by atoms with Gasteiger partial charge in [-0.1, -0.05) is 6.92 Å². The fourth-order valence-corrected chi connectivity index (χ4v) is 4.42. The van der Waals surface area contributed by atoms with E-state index in [0.717, 1.165) is 25.0 Å². The Morgan fingerprint density at radius 3 is 2.82 bits per heavy atom. The first-order chi connectivity index (χ1) is 10.6. The van der Waals surface area contributed by atoms with E-state index in [1.807, 2.05) is 11.8 Å². The van der Waals surface area contributed by atoms with Crippen LogP contribution in [-0.2, 0) is 0 Å². The molecule has 1 saturated heterocycles. The summed E-state index contributed by atoms with van der Waals surface area (Å²) in [7, 11) is 0. The maximum absolute atomic E-state index is 12.4. The molecule has 0 radical (unpaired) electrons. The molecule has 7 heteroatoms. The van der Waals surface area contributed by atoms with Gasteiger partial charge in [0.1, 0.15) is 0 Å². The SMILES string of the molecule is CCS[C@H]1CC[C@H](NC(=O)N2CCCN(CC(F)F)CC2)C1. The molecule has 0 aromatic carbocycles. The van der Waals surface area contributed by atoms with Gasteiger partial charge in [0.05, 0.1) is 6.54 Å². The van der Waals surface area contributed by atoms with E-state index in [1.54, 1.807) is 9.80 Å². The molecule has 1 saturated carbocycles. The van der Waals surface area contributed by atoms with E-state index < -0.39 is 6.43 Å². The molecule has 2 atom stereocenters. The van der Waals surface area contributed by atoms with Crippen LogP contribution < -0.4 is 5.32 Å². The third kappa shape index (κ3) is 5.57. The van der Waals surface area contributed by atoms with Crippen molar-refractivity contribution in [2.24, 2.45) is 0 Å². The van der Waals surface area contributed by atoms with E-state index in [9.17, 15) is 13.6 Å². The van der Waals surface area contributed by atoms with E-state index >= 15 is 0 Å². The number of carbonyl (C=O) groups is 1. The largest absolute Gasteiger partial charge is 0.335 e. The predicted octanol–water partition coefficient (Wildman–Crippen LogP) is 2.64. The Kier molecular flexibility index (Phi) is 7.21. The van der Waals surface area contributed by atoms with Crippen molar-refractivity contribution in [1.29, 1.82) is 0 Å². The standard InChI is InChI=1S/C15H27F2N3OS/c1-2-22-13-5-4-12(10-13)18-15(21)20-7-3-6-19(8-9-20)11-14(16)17/h12-14H,2-11H2,1H3,(H,18,21)/t12-,13-/m0/s1. The average molecular weight is 335 g/mol. The van der Waals surface area contributed by atoms with E-state index in [0.29, 0.717) is 31.4 Å². The maximum atomic E-state index is 12.4. The smallest absolute Gasteiger partial charge is 0.317 e. The van der Waals surface area contributed by atoms with Gasteiger partial charge in [0.15, 0.2) is 0 Å². The van der Waals surface area contributed by atoms with Gasteiger partial charge in [-0.05, 0) is 31.4 Å². The second-order valence-corrected chi connectivity index (χ2v) is 7.65. The van der Waals surface area contributed by atoms with Gasteiger partial charge in [-0.3, -0.25) is 4.90 Å². The summed E-state index contributed by atoms with van der Waals surface area (Å²) >= 11 is 1.97. The number of hydrogen-bond acceptors (Lipinski definition) is 3. The van der Waals surface area contributed by atoms with Gasteiger partial charge in [0, 0.05) is 37.5 Å². The first-order valence-electron chi connectivity index (χ1n) is 8.26. The molecule has 1 aliphatic heterocycles. The highest BCUT2D eigenvalue weighted by molar-refractivity contribution is 7.99. The number of nitrogens with zero attached hydrogens (tertiary/aromatic N) is 2. The van der Waals surface area contributed by atoms with Crippen molar-refractivity contribution in [3.8, 4) is 0 Å². The number of nitrogens with one attached hydrogen (secondary N) is 1. The molecular weight excluding hydrogens is 308 g/mol. The van der Waals surface area contributed by atoms with Crippen LogP contribution in [0.15, 0.2) is 0 Å². The minimum atomic E-state index is -2.30. The van der Waals surface area contributed by atoms with Crippen LogP contribution in [0.25, 0.3) is 0 Å². The molecule has 1 N–H and O–H groups in total. The molecule has 128 valence electrons. The number of thioether (sulfide) groups is 1. The maximum Gasteiger partial charge on any atom is 0.317 e. The summed E-state index contributed by atoms with van der Waals surface area (Å²) in [5.74, 6) is 1.12. The van der Waals surface area contributed by atoms with E-state index in [-0.39, 0.29) is 18.6 Å². The van der Waals surface area contributed by atoms with E-state index in [1.165, 1.54) is 6.42 Å². The Morgan fingerprint density at radius 1 is 1.27 bits per heavy atom. The lowest BCUT2D eigenvalue weighted by Gasteiger charge is -2.24. The fourth-order valence-electron chi connectivity index (χ4n) is 3.28. The molecule has 4 nitrogen and oxygen atoms in total. The molecule has 0 spiro atoms. The number of hydrogen-bond donors (Lipinski definition) is 1. The Bertz CT molecular complexity index is 360. The lowest BCUT2D eigenvalue weighted by molar-refractivity contribution is 0.0903. The highest BCUT2D eigenvalue weighted by Gasteiger charge is 2.28. The molecule has 2 rings (SSSR count). The van der Waals surface area contributed by atoms with Gasteiger partial charge in [0.25, 0.3) is 6.43 Å². The van der Waals surface area contributed by atoms with Gasteiger partial charge in [-0.2, -0.15) is 11.8 Å². The number of amides is 2. The number of carbonyl (C=O) groups excluding carboxylic acids is 1. The normalized spacial score (nSPS) is 27.2. The van der Waals surface area contributed by atoms with Crippen molar-refractivity contribution in [3.05, 3.63) is 0 Å². The molecule has 0 aromatic heterocycles. The molecule has 1 aliphatic carbocycles. The molecule has 22 heavy (non-hydrogen) atoms. The van der Waals surface area contributed by atoms with Gasteiger partial charge >= 0.3 is 6.03 Å². The van der Waals surface area contributed by atoms with Crippen LogP contribution >= 0.6 is 11.8 Å². The molecule has 0 aromatic rings. The molecule has 0 unspecified atom stereocenters. The second kappa shape index (κ2) is 8.91. The zero-order chi connectivity index (χ0) is 15.9. The van der Waals surface area contributed by atoms with E-state index in [4.69, 9.17) is 0 Å². The predicted molar refractivity (Wildman–Crippen MR) is 86.7 cm³/mol. The highest BCUT2D eigenvalue weighted by atomic mass is 32.2. The van der Waals surface area contributed by atoms with E-state index in [2.05, 4.69) is 12.2 Å². The third-order valence-corrected chi connectivity index (χ3v) is 5.62. The fraction of sp³-hybridized carbons (Fsp3) is 0.933. The molecule has 2 amide bonds. The summed E-state index contributed by atoms with van der Waals surface area (Å²) in [6.07, 6.45) is 1.74. The zero-order valence-corrected chi connectivity index (χ0v) is 14.1. The van der Waals surface area contributed by atoms with Crippen LogP contribution in [0.1, 0.15) is 32.6 Å². The monoisotopic (exact) mass is 335 g/mol. The van der Waals surface area contributed by atoms with Crippen molar-refractivity contribution >= 4 is 17.8 Å². The quantitative estimate of drug-likeness (QED) is 0.839. The molecule has 2 aliphatic rings. The van der Waals surface area contributed by atoms with Gasteiger partial charge in [-0.15, -0.1) is 0 Å². The van der Waals surface area contributed by atoms with Crippen LogP contribution in [0.3, 0.4) is 0 Å². The lowest BCUT2D eigenvalue weighted by Crippen LogP contribution is -2.45. The highest BCUT2D eigenvalue weighted by Crippen LogP contribution is 2.29. The van der Waals surface area contributed by atoms with Crippen molar-refractivity contribution in [3.63, 3.8) is 0 Å². The Labute approximate surface area is 136 Å². The Hall–Kier alpha value is -0.560. The van der Waals surface area contributed by atoms with Crippen LogP contribution in [-0.4, -0.2) is 72.0 Å². The van der Waals surface area contributed by atoms with Crippen LogP contribution in [0.5, 0.6) is 0 Å².